The van der Waals surface area contributed by atoms with Gasteiger partial charge in [-0.05, 0) is 37.7 Å². The van der Waals surface area contributed by atoms with E-state index in [1.54, 1.807) is 0 Å². The van der Waals surface area contributed by atoms with Crippen LogP contribution in [-0.2, 0) is 13.5 Å². The summed E-state index contributed by atoms with van der Waals surface area (Å²) in [4.78, 5) is 3.37. The molecule has 2 aromatic heterocycles. The van der Waals surface area contributed by atoms with Crippen molar-refractivity contribution >= 4 is 35.1 Å². The SMILES string of the molecule is CCc1nn(C)c2c1[nH]c(=S)n2C1CCCC1SC. The first-order valence-electron chi connectivity index (χ1n) is 6.86. The van der Waals surface area contributed by atoms with Gasteiger partial charge in [0.05, 0.1) is 5.69 Å². The quantitative estimate of drug-likeness (QED) is 0.882. The van der Waals surface area contributed by atoms with E-state index in [1.807, 2.05) is 23.5 Å². The van der Waals surface area contributed by atoms with Crippen molar-refractivity contribution in [2.45, 2.75) is 43.9 Å². The molecule has 4 nitrogen and oxygen atoms in total. The smallest absolute Gasteiger partial charge is 0.179 e. The Balaban J connectivity index is 2.20. The highest BCUT2D eigenvalue weighted by molar-refractivity contribution is 7.99. The zero-order valence-electron chi connectivity index (χ0n) is 11.6. The van der Waals surface area contributed by atoms with Crippen LogP contribution in [0.15, 0.2) is 0 Å². The van der Waals surface area contributed by atoms with Crippen LogP contribution in [0.2, 0.25) is 0 Å². The molecule has 0 spiro atoms. The molecule has 0 bridgehead atoms. The van der Waals surface area contributed by atoms with Gasteiger partial charge in [0.15, 0.2) is 10.4 Å². The van der Waals surface area contributed by atoms with Crippen LogP contribution in [0.1, 0.15) is 37.9 Å². The lowest BCUT2D eigenvalue weighted by molar-refractivity contribution is 0.523. The first kappa shape index (κ1) is 13.2. The number of nitrogens with zero attached hydrogens (tertiary/aromatic N) is 3. The number of rotatable bonds is 3. The average molecular weight is 296 g/mol. The van der Waals surface area contributed by atoms with Gasteiger partial charge in [0.2, 0.25) is 0 Å². The Bertz CT molecular complexity index is 651. The van der Waals surface area contributed by atoms with E-state index in [4.69, 9.17) is 12.2 Å². The van der Waals surface area contributed by atoms with E-state index >= 15 is 0 Å². The van der Waals surface area contributed by atoms with Gasteiger partial charge >= 0.3 is 0 Å². The standard InChI is InChI=1S/C13H20N4S2/c1-4-8-11-12(16(2)15-8)17(13(18)14-11)9-6-5-7-10(9)19-3/h9-10H,4-7H2,1-3H3,(H,14,18). The Hall–Kier alpha value is -0.750. The van der Waals surface area contributed by atoms with Gasteiger partial charge in [-0.3, -0.25) is 9.25 Å². The summed E-state index contributed by atoms with van der Waals surface area (Å²) in [6.45, 7) is 2.14. The number of H-pyrrole nitrogens is 1. The van der Waals surface area contributed by atoms with Crippen LogP contribution in [-0.4, -0.2) is 30.8 Å². The maximum Gasteiger partial charge on any atom is 0.179 e. The molecule has 0 radical (unpaired) electrons. The first-order chi connectivity index (χ1) is 9.17. The predicted molar refractivity (Wildman–Crippen MR) is 83.5 cm³/mol. The van der Waals surface area contributed by atoms with Crippen molar-refractivity contribution in [2.75, 3.05) is 6.26 Å². The van der Waals surface area contributed by atoms with Crippen molar-refractivity contribution in [1.82, 2.24) is 19.3 Å². The zero-order valence-corrected chi connectivity index (χ0v) is 13.3. The van der Waals surface area contributed by atoms with Crippen molar-refractivity contribution in [3.05, 3.63) is 10.5 Å². The molecule has 2 unspecified atom stereocenters. The molecule has 0 amide bonds. The van der Waals surface area contributed by atoms with Crippen LogP contribution in [0, 0.1) is 4.77 Å². The summed E-state index contributed by atoms with van der Waals surface area (Å²) in [5.41, 5.74) is 3.40. The Morgan fingerprint density at radius 3 is 2.95 bits per heavy atom. The van der Waals surface area contributed by atoms with E-state index in [-0.39, 0.29) is 0 Å². The van der Waals surface area contributed by atoms with Gasteiger partial charge in [-0.15, -0.1) is 0 Å². The summed E-state index contributed by atoms with van der Waals surface area (Å²) in [7, 11) is 2.02. The summed E-state index contributed by atoms with van der Waals surface area (Å²) in [5.74, 6) is 0. The third-order valence-corrected chi connectivity index (χ3v) is 5.61. The summed E-state index contributed by atoms with van der Waals surface area (Å²) < 4.78 is 5.14. The predicted octanol–water partition coefficient (Wildman–Crippen LogP) is 3.45. The maximum absolute atomic E-state index is 5.57. The molecule has 2 heterocycles. The number of imidazole rings is 1. The molecule has 1 N–H and O–H groups in total. The second kappa shape index (κ2) is 4.98. The molecule has 2 aromatic rings. The lowest BCUT2D eigenvalue weighted by Crippen LogP contribution is -2.17. The average Bonchev–Trinajstić information content (AvgIpc) is 3.05. The number of fused-ring (bicyclic) bond motifs is 1. The molecule has 1 fully saturated rings. The molecule has 0 saturated heterocycles. The number of aromatic nitrogens is 4. The minimum Gasteiger partial charge on any atom is -0.328 e. The Morgan fingerprint density at radius 1 is 1.47 bits per heavy atom. The molecular formula is C13H20N4S2. The van der Waals surface area contributed by atoms with Crippen LogP contribution in [0.3, 0.4) is 0 Å². The Kier molecular flexibility index (Phi) is 3.47. The molecule has 6 heteroatoms. The second-order valence-electron chi connectivity index (χ2n) is 5.20. The molecule has 1 saturated carbocycles. The fourth-order valence-corrected chi connectivity index (χ4v) is 4.57. The highest BCUT2D eigenvalue weighted by atomic mass is 32.2. The molecule has 19 heavy (non-hydrogen) atoms. The minimum atomic E-state index is 0.511. The second-order valence-corrected chi connectivity index (χ2v) is 6.66. The van der Waals surface area contributed by atoms with Gasteiger partial charge in [-0.1, -0.05) is 13.3 Å². The number of hydrogen-bond acceptors (Lipinski definition) is 3. The van der Waals surface area contributed by atoms with E-state index in [1.165, 1.54) is 19.3 Å². The molecule has 0 aliphatic heterocycles. The molecule has 1 aliphatic rings. The van der Waals surface area contributed by atoms with E-state index in [0.717, 1.165) is 28.0 Å². The fraction of sp³-hybridized carbons (Fsp3) is 0.692. The number of aromatic amines is 1. The molecule has 2 atom stereocenters. The number of thioether (sulfide) groups is 1. The molecule has 0 aromatic carbocycles. The van der Waals surface area contributed by atoms with Gasteiger partial charge in [0.25, 0.3) is 0 Å². The van der Waals surface area contributed by atoms with Gasteiger partial charge < -0.3 is 4.98 Å². The van der Waals surface area contributed by atoms with Crippen molar-refractivity contribution in [1.29, 1.82) is 0 Å². The summed E-state index contributed by atoms with van der Waals surface area (Å²) >= 11 is 7.53. The minimum absolute atomic E-state index is 0.511. The fourth-order valence-electron chi connectivity index (χ4n) is 3.27. The van der Waals surface area contributed by atoms with Crippen LogP contribution >= 0.6 is 24.0 Å². The molecular weight excluding hydrogens is 276 g/mol. The van der Waals surface area contributed by atoms with Crippen LogP contribution in [0.4, 0.5) is 0 Å². The maximum atomic E-state index is 5.57. The van der Waals surface area contributed by atoms with E-state index in [0.29, 0.717) is 11.3 Å². The van der Waals surface area contributed by atoms with Gasteiger partial charge in [0, 0.05) is 18.3 Å². The Morgan fingerprint density at radius 2 is 2.26 bits per heavy atom. The highest BCUT2D eigenvalue weighted by Crippen LogP contribution is 2.39. The third-order valence-electron chi connectivity index (χ3n) is 4.16. The number of hydrogen-bond donors (Lipinski definition) is 1. The molecule has 3 rings (SSSR count). The molecule has 104 valence electrons. The van der Waals surface area contributed by atoms with E-state index < -0.39 is 0 Å². The van der Waals surface area contributed by atoms with Crippen LogP contribution < -0.4 is 0 Å². The number of aryl methyl sites for hydroxylation is 2. The molecule has 1 aliphatic carbocycles. The Labute approximate surface area is 122 Å². The zero-order chi connectivity index (χ0) is 13.6. The van der Waals surface area contributed by atoms with Crippen molar-refractivity contribution in [3.63, 3.8) is 0 Å². The van der Waals surface area contributed by atoms with Gasteiger partial charge in [0.1, 0.15) is 5.52 Å². The normalized spacial score (nSPS) is 23.5. The number of nitrogens with one attached hydrogen (secondary N) is 1. The van der Waals surface area contributed by atoms with Crippen LogP contribution in [0.25, 0.3) is 11.2 Å². The summed E-state index contributed by atoms with van der Waals surface area (Å²) in [6.07, 6.45) is 6.95. The van der Waals surface area contributed by atoms with E-state index in [2.05, 4.69) is 27.8 Å². The van der Waals surface area contributed by atoms with Crippen molar-refractivity contribution < 1.29 is 0 Å². The monoisotopic (exact) mass is 296 g/mol. The summed E-state index contributed by atoms with van der Waals surface area (Å²) in [5, 5.41) is 5.28. The first-order valence-corrected chi connectivity index (χ1v) is 8.55. The van der Waals surface area contributed by atoms with E-state index in [9.17, 15) is 0 Å². The lowest BCUT2D eigenvalue weighted by atomic mass is 10.2. The lowest BCUT2D eigenvalue weighted by Gasteiger charge is -2.19. The van der Waals surface area contributed by atoms with Crippen molar-refractivity contribution in [3.8, 4) is 0 Å². The highest BCUT2D eigenvalue weighted by Gasteiger charge is 2.31. The van der Waals surface area contributed by atoms with Gasteiger partial charge in [-0.2, -0.15) is 16.9 Å². The van der Waals surface area contributed by atoms with Crippen molar-refractivity contribution in [2.24, 2.45) is 7.05 Å². The summed E-state index contributed by atoms with van der Waals surface area (Å²) in [6, 6.07) is 0.511. The topological polar surface area (TPSA) is 38.5 Å². The largest absolute Gasteiger partial charge is 0.328 e. The van der Waals surface area contributed by atoms with Gasteiger partial charge in [-0.25, -0.2) is 0 Å². The third kappa shape index (κ3) is 1.96. The van der Waals surface area contributed by atoms with Crippen LogP contribution in [0.5, 0.6) is 0 Å².